The molecule has 0 saturated heterocycles. The molecule has 0 spiro atoms. The van der Waals surface area contributed by atoms with E-state index in [1.54, 1.807) is 24.3 Å². The Morgan fingerprint density at radius 2 is 1.83 bits per heavy atom. The summed E-state index contributed by atoms with van der Waals surface area (Å²) in [5, 5.41) is 8.33. The van der Waals surface area contributed by atoms with Crippen molar-refractivity contribution in [1.29, 1.82) is 0 Å². The number of nitrogens with one attached hydrogen (secondary N) is 3. The quantitative estimate of drug-likeness (QED) is 0.783. The molecule has 2 aromatic rings. The average molecular weight is 336 g/mol. The highest BCUT2D eigenvalue weighted by Crippen LogP contribution is 2.21. The lowest BCUT2D eigenvalue weighted by Crippen LogP contribution is -2.22. The molecule has 0 aliphatic rings. The van der Waals surface area contributed by atoms with Gasteiger partial charge in [-0.1, -0.05) is 23.7 Å². The number of hydrogen-bond donors (Lipinski definition) is 3. The van der Waals surface area contributed by atoms with Crippen molar-refractivity contribution in [3.05, 3.63) is 53.3 Å². The van der Waals surface area contributed by atoms with E-state index >= 15 is 0 Å². The molecule has 0 saturated carbocycles. The molecule has 2 amide bonds. The van der Waals surface area contributed by atoms with Crippen LogP contribution in [0.25, 0.3) is 0 Å². The molecule has 0 bridgehead atoms. The first-order chi connectivity index (χ1) is 11.0. The van der Waals surface area contributed by atoms with E-state index in [2.05, 4.69) is 16.0 Å². The van der Waals surface area contributed by atoms with Crippen molar-refractivity contribution in [1.82, 2.24) is 0 Å². The van der Waals surface area contributed by atoms with Crippen molar-refractivity contribution < 1.29 is 14.0 Å². The number of carbonyl (C=O) groups is 2. The van der Waals surface area contributed by atoms with Gasteiger partial charge in [0.2, 0.25) is 11.8 Å². The van der Waals surface area contributed by atoms with Gasteiger partial charge in [-0.3, -0.25) is 9.59 Å². The normalized spacial score (nSPS) is 10.0. The lowest BCUT2D eigenvalue weighted by Gasteiger charge is -2.11. The number of amides is 2. The molecule has 23 heavy (non-hydrogen) atoms. The zero-order valence-corrected chi connectivity index (χ0v) is 13.1. The maximum absolute atomic E-state index is 13.5. The highest BCUT2D eigenvalue weighted by atomic mass is 35.5. The van der Waals surface area contributed by atoms with Gasteiger partial charge in [-0.05, 0) is 30.3 Å². The number of benzene rings is 2. The minimum atomic E-state index is -0.550. The van der Waals surface area contributed by atoms with E-state index in [1.165, 1.54) is 25.1 Å². The lowest BCUT2D eigenvalue weighted by molar-refractivity contribution is -0.115. The molecule has 0 atom stereocenters. The summed E-state index contributed by atoms with van der Waals surface area (Å²) < 4.78 is 13.5. The topological polar surface area (TPSA) is 70.2 Å². The highest BCUT2D eigenvalue weighted by molar-refractivity contribution is 6.33. The SMILES string of the molecule is CC(=O)Nc1cc(NCC(=O)Nc2ccccc2Cl)ccc1F. The number of rotatable bonds is 5. The van der Waals surface area contributed by atoms with Gasteiger partial charge in [0.25, 0.3) is 0 Å². The molecule has 7 heteroatoms. The van der Waals surface area contributed by atoms with Gasteiger partial charge in [-0.15, -0.1) is 0 Å². The smallest absolute Gasteiger partial charge is 0.243 e. The fourth-order valence-corrected chi connectivity index (χ4v) is 2.04. The summed E-state index contributed by atoms with van der Waals surface area (Å²) in [4.78, 5) is 22.9. The molecule has 2 aromatic carbocycles. The molecule has 0 aliphatic carbocycles. The van der Waals surface area contributed by atoms with Crippen LogP contribution in [0.5, 0.6) is 0 Å². The van der Waals surface area contributed by atoms with Crippen LogP contribution in [0, 0.1) is 5.82 Å². The number of hydrogen-bond acceptors (Lipinski definition) is 3. The van der Waals surface area contributed by atoms with Crippen LogP contribution in [0.3, 0.4) is 0 Å². The molecule has 0 aromatic heterocycles. The van der Waals surface area contributed by atoms with Crippen LogP contribution < -0.4 is 16.0 Å². The third kappa shape index (κ3) is 4.96. The second-order valence-electron chi connectivity index (χ2n) is 4.76. The maximum atomic E-state index is 13.5. The van der Waals surface area contributed by atoms with Gasteiger partial charge >= 0.3 is 0 Å². The van der Waals surface area contributed by atoms with Crippen molar-refractivity contribution in [2.24, 2.45) is 0 Å². The molecule has 0 aliphatic heterocycles. The predicted octanol–water partition coefficient (Wildman–Crippen LogP) is 3.49. The minimum absolute atomic E-state index is 0.0314. The fraction of sp³-hybridized carbons (Fsp3) is 0.125. The molecule has 5 nitrogen and oxygen atoms in total. The lowest BCUT2D eigenvalue weighted by atomic mass is 10.2. The zero-order valence-electron chi connectivity index (χ0n) is 12.3. The summed E-state index contributed by atoms with van der Waals surface area (Å²) >= 11 is 5.96. The Morgan fingerprint density at radius 1 is 1.09 bits per heavy atom. The second kappa shape index (κ2) is 7.60. The van der Waals surface area contributed by atoms with Crippen LogP contribution >= 0.6 is 11.6 Å². The van der Waals surface area contributed by atoms with E-state index < -0.39 is 5.82 Å². The third-order valence-corrected chi connectivity index (χ3v) is 3.21. The van der Waals surface area contributed by atoms with Crippen molar-refractivity contribution in [2.75, 3.05) is 22.5 Å². The molecular weight excluding hydrogens is 321 g/mol. The molecule has 3 N–H and O–H groups in total. The van der Waals surface area contributed by atoms with E-state index in [0.717, 1.165) is 0 Å². The van der Waals surface area contributed by atoms with E-state index in [-0.39, 0.29) is 24.0 Å². The van der Waals surface area contributed by atoms with Crippen LogP contribution in [0.1, 0.15) is 6.92 Å². The van der Waals surface area contributed by atoms with Gasteiger partial charge in [-0.2, -0.15) is 0 Å². The van der Waals surface area contributed by atoms with Crippen molar-refractivity contribution in [3.8, 4) is 0 Å². The number of para-hydroxylation sites is 1. The average Bonchev–Trinajstić information content (AvgIpc) is 2.50. The maximum Gasteiger partial charge on any atom is 0.243 e. The predicted molar refractivity (Wildman–Crippen MR) is 89.3 cm³/mol. The summed E-state index contributed by atoms with van der Waals surface area (Å²) in [5.41, 5.74) is 1.07. The monoisotopic (exact) mass is 335 g/mol. The summed E-state index contributed by atoms with van der Waals surface area (Å²) in [6.07, 6.45) is 0. The van der Waals surface area contributed by atoms with E-state index in [9.17, 15) is 14.0 Å². The summed E-state index contributed by atoms with van der Waals surface area (Å²) in [7, 11) is 0. The molecular formula is C16H15ClFN3O2. The van der Waals surface area contributed by atoms with E-state index in [1.807, 2.05) is 0 Å². The Hall–Kier alpha value is -2.60. The van der Waals surface area contributed by atoms with E-state index in [0.29, 0.717) is 16.4 Å². The molecule has 0 heterocycles. The van der Waals surface area contributed by atoms with Gasteiger partial charge in [0.05, 0.1) is 22.9 Å². The van der Waals surface area contributed by atoms with Gasteiger partial charge in [-0.25, -0.2) is 4.39 Å². The van der Waals surface area contributed by atoms with Crippen molar-refractivity contribution in [2.45, 2.75) is 6.92 Å². The number of carbonyl (C=O) groups excluding carboxylic acids is 2. The fourth-order valence-electron chi connectivity index (χ4n) is 1.86. The third-order valence-electron chi connectivity index (χ3n) is 2.88. The van der Waals surface area contributed by atoms with Crippen LogP contribution in [0.4, 0.5) is 21.5 Å². The second-order valence-corrected chi connectivity index (χ2v) is 5.16. The Labute approximate surface area is 137 Å². The Bertz CT molecular complexity index is 737. The summed E-state index contributed by atoms with van der Waals surface area (Å²) in [5.74, 6) is -1.23. The summed E-state index contributed by atoms with van der Waals surface area (Å²) in [6.45, 7) is 1.26. The zero-order chi connectivity index (χ0) is 16.8. The molecule has 2 rings (SSSR count). The molecule has 0 radical (unpaired) electrons. The van der Waals surface area contributed by atoms with Gasteiger partial charge in [0, 0.05) is 12.6 Å². The highest BCUT2D eigenvalue weighted by Gasteiger charge is 2.08. The van der Waals surface area contributed by atoms with Crippen molar-refractivity contribution in [3.63, 3.8) is 0 Å². The Balaban J connectivity index is 1.96. The van der Waals surface area contributed by atoms with Crippen LogP contribution in [-0.4, -0.2) is 18.4 Å². The van der Waals surface area contributed by atoms with Crippen LogP contribution in [-0.2, 0) is 9.59 Å². The molecule has 120 valence electrons. The van der Waals surface area contributed by atoms with Gasteiger partial charge in [0.15, 0.2) is 0 Å². The molecule has 0 fully saturated rings. The first-order valence-corrected chi connectivity index (χ1v) is 7.19. The minimum Gasteiger partial charge on any atom is -0.376 e. The largest absolute Gasteiger partial charge is 0.376 e. The standard InChI is InChI=1S/C16H15ClFN3O2/c1-10(22)20-15-8-11(6-7-13(15)18)19-9-16(23)21-14-5-3-2-4-12(14)17/h2-8,19H,9H2,1H3,(H,20,22)(H,21,23). The number of anilines is 3. The van der Waals surface area contributed by atoms with E-state index in [4.69, 9.17) is 11.6 Å². The van der Waals surface area contributed by atoms with Crippen LogP contribution in [0.2, 0.25) is 5.02 Å². The van der Waals surface area contributed by atoms with Gasteiger partial charge in [0.1, 0.15) is 5.82 Å². The first kappa shape index (κ1) is 16.8. The van der Waals surface area contributed by atoms with Gasteiger partial charge < -0.3 is 16.0 Å². The Kier molecular flexibility index (Phi) is 5.54. The Morgan fingerprint density at radius 3 is 2.52 bits per heavy atom. The van der Waals surface area contributed by atoms with Crippen LogP contribution in [0.15, 0.2) is 42.5 Å². The molecule has 0 unspecified atom stereocenters. The summed E-state index contributed by atoms with van der Waals surface area (Å²) in [6, 6.07) is 11.0. The first-order valence-electron chi connectivity index (χ1n) is 6.81. The van der Waals surface area contributed by atoms with Crippen molar-refractivity contribution >= 4 is 40.5 Å². The number of halogens is 2.